The van der Waals surface area contributed by atoms with Gasteiger partial charge in [0.05, 0.1) is 35.4 Å². The number of benzene rings is 2. The van der Waals surface area contributed by atoms with Crippen molar-refractivity contribution in [3.63, 3.8) is 0 Å². The van der Waals surface area contributed by atoms with E-state index in [9.17, 15) is 4.79 Å². The predicted octanol–water partition coefficient (Wildman–Crippen LogP) is 3.63. The molecular weight excluding hydrogens is 310 g/mol. The zero-order valence-corrected chi connectivity index (χ0v) is 13.6. The second kappa shape index (κ2) is 7.24. The molecule has 1 heterocycles. The first-order chi connectivity index (χ1) is 11.2. The molecule has 0 bridgehead atoms. The van der Waals surface area contributed by atoms with Crippen molar-refractivity contribution < 1.29 is 14.3 Å². The van der Waals surface area contributed by atoms with E-state index in [-0.39, 0.29) is 12.4 Å². The Morgan fingerprint density at radius 1 is 1.13 bits per heavy atom. The van der Waals surface area contributed by atoms with E-state index in [1.54, 1.807) is 18.4 Å². The van der Waals surface area contributed by atoms with Crippen LogP contribution in [0, 0.1) is 0 Å². The van der Waals surface area contributed by atoms with Crippen LogP contribution in [0.1, 0.15) is 10.6 Å². The fourth-order valence-electron chi connectivity index (χ4n) is 2.24. The van der Waals surface area contributed by atoms with Crippen LogP contribution >= 0.6 is 11.3 Å². The first-order valence-electron chi connectivity index (χ1n) is 7.37. The average Bonchev–Trinajstić information content (AvgIpc) is 2.98. The maximum atomic E-state index is 11.9. The Morgan fingerprint density at radius 2 is 1.91 bits per heavy atom. The van der Waals surface area contributed by atoms with Gasteiger partial charge in [0, 0.05) is 6.42 Å². The predicted molar refractivity (Wildman–Crippen MR) is 91.0 cm³/mol. The summed E-state index contributed by atoms with van der Waals surface area (Å²) in [5, 5.41) is 0.989. The molecule has 0 radical (unpaired) electrons. The molecule has 3 aromatic rings. The van der Waals surface area contributed by atoms with E-state index in [1.165, 1.54) is 0 Å². The van der Waals surface area contributed by atoms with E-state index in [1.807, 2.05) is 48.5 Å². The van der Waals surface area contributed by atoms with Gasteiger partial charge >= 0.3 is 5.97 Å². The summed E-state index contributed by atoms with van der Waals surface area (Å²) in [6, 6.07) is 15.4. The Labute approximate surface area is 138 Å². The third-order valence-corrected chi connectivity index (χ3v) is 4.52. The summed E-state index contributed by atoms with van der Waals surface area (Å²) >= 11 is 1.64. The lowest BCUT2D eigenvalue weighted by atomic mass is 10.1. The molecule has 0 spiro atoms. The number of hydrogen-bond donors (Lipinski definition) is 0. The van der Waals surface area contributed by atoms with Gasteiger partial charge in [-0.25, -0.2) is 4.98 Å². The highest BCUT2D eigenvalue weighted by atomic mass is 32.1. The van der Waals surface area contributed by atoms with E-state index >= 15 is 0 Å². The zero-order valence-electron chi connectivity index (χ0n) is 12.8. The summed E-state index contributed by atoms with van der Waals surface area (Å²) in [6.45, 7) is 0.356. The van der Waals surface area contributed by atoms with Gasteiger partial charge in [-0.1, -0.05) is 24.3 Å². The number of nitrogens with zero attached hydrogens (tertiary/aromatic N) is 1. The average molecular weight is 327 g/mol. The second-order valence-electron chi connectivity index (χ2n) is 5.07. The number of methoxy groups -OCH3 is 1. The molecule has 4 nitrogen and oxygen atoms in total. The molecule has 0 aliphatic heterocycles. The summed E-state index contributed by atoms with van der Waals surface area (Å²) in [6.07, 6.45) is 0.914. The van der Waals surface area contributed by atoms with E-state index in [4.69, 9.17) is 9.47 Å². The molecule has 0 N–H and O–H groups in total. The molecular formula is C18H17NO3S. The lowest BCUT2D eigenvalue weighted by molar-refractivity contribution is -0.142. The monoisotopic (exact) mass is 327 g/mol. The molecule has 1 aromatic heterocycles. The van der Waals surface area contributed by atoms with Gasteiger partial charge < -0.3 is 9.47 Å². The van der Waals surface area contributed by atoms with Crippen molar-refractivity contribution in [1.29, 1.82) is 0 Å². The molecule has 0 aliphatic rings. The molecule has 3 rings (SSSR count). The Hall–Kier alpha value is -2.40. The van der Waals surface area contributed by atoms with Crippen LogP contribution in [0.25, 0.3) is 10.2 Å². The molecule has 0 aliphatic carbocycles. The Bertz CT molecular complexity index is 762. The summed E-state index contributed by atoms with van der Waals surface area (Å²) in [5.74, 6) is 0.550. The number of rotatable bonds is 6. The standard InChI is InChI=1S/C18H17NO3S/c1-21-14-8-6-13(7-9-14)12-18(20)22-11-10-17-19-15-4-2-3-5-16(15)23-17/h2-9H,10-12H2,1H3. The number of aromatic nitrogens is 1. The molecule has 23 heavy (non-hydrogen) atoms. The van der Waals surface area contributed by atoms with Crippen LogP contribution in [-0.4, -0.2) is 24.7 Å². The number of thiazole rings is 1. The minimum Gasteiger partial charge on any atom is -0.497 e. The maximum absolute atomic E-state index is 11.9. The number of fused-ring (bicyclic) bond motifs is 1. The Kier molecular flexibility index (Phi) is 4.88. The van der Waals surface area contributed by atoms with Crippen molar-refractivity contribution in [2.24, 2.45) is 0 Å². The van der Waals surface area contributed by atoms with Gasteiger partial charge in [0.2, 0.25) is 0 Å². The summed E-state index contributed by atoms with van der Waals surface area (Å²) in [4.78, 5) is 16.4. The fourth-order valence-corrected chi connectivity index (χ4v) is 3.19. The van der Waals surface area contributed by atoms with E-state index in [0.717, 1.165) is 26.5 Å². The number of hydrogen-bond acceptors (Lipinski definition) is 5. The van der Waals surface area contributed by atoms with Crippen molar-refractivity contribution in [1.82, 2.24) is 4.98 Å². The smallest absolute Gasteiger partial charge is 0.310 e. The van der Waals surface area contributed by atoms with Gasteiger partial charge in [-0.3, -0.25) is 4.79 Å². The van der Waals surface area contributed by atoms with E-state index in [0.29, 0.717) is 13.0 Å². The largest absolute Gasteiger partial charge is 0.497 e. The lowest BCUT2D eigenvalue weighted by Gasteiger charge is -2.05. The Balaban J connectivity index is 1.48. The molecule has 0 fully saturated rings. The zero-order chi connectivity index (χ0) is 16.1. The number of carbonyl (C=O) groups is 1. The molecule has 118 valence electrons. The molecule has 0 amide bonds. The minimum atomic E-state index is -0.226. The van der Waals surface area contributed by atoms with Gasteiger partial charge in [0.15, 0.2) is 0 Å². The SMILES string of the molecule is COc1ccc(CC(=O)OCCc2nc3ccccc3s2)cc1. The Morgan fingerprint density at radius 3 is 2.65 bits per heavy atom. The van der Waals surface area contributed by atoms with Gasteiger partial charge in [-0.2, -0.15) is 0 Å². The van der Waals surface area contributed by atoms with Crippen LogP contribution in [0.2, 0.25) is 0 Å². The lowest BCUT2D eigenvalue weighted by Crippen LogP contribution is -2.10. The van der Waals surface area contributed by atoms with Crippen LogP contribution in [-0.2, 0) is 22.4 Å². The van der Waals surface area contributed by atoms with Crippen LogP contribution in [0.15, 0.2) is 48.5 Å². The topological polar surface area (TPSA) is 48.4 Å². The summed E-state index contributed by atoms with van der Waals surface area (Å²) < 4.78 is 11.5. The third kappa shape index (κ3) is 4.07. The van der Waals surface area contributed by atoms with Crippen molar-refractivity contribution in [2.45, 2.75) is 12.8 Å². The van der Waals surface area contributed by atoms with Gasteiger partial charge in [-0.15, -0.1) is 11.3 Å². The van der Waals surface area contributed by atoms with Crippen molar-refractivity contribution in [3.8, 4) is 5.75 Å². The van der Waals surface area contributed by atoms with E-state index in [2.05, 4.69) is 4.98 Å². The number of para-hydroxylation sites is 1. The van der Waals surface area contributed by atoms with Crippen LogP contribution in [0.4, 0.5) is 0 Å². The second-order valence-corrected chi connectivity index (χ2v) is 6.19. The molecule has 0 saturated carbocycles. The first-order valence-corrected chi connectivity index (χ1v) is 8.19. The van der Waals surface area contributed by atoms with Gasteiger partial charge in [0.25, 0.3) is 0 Å². The normalized spacial score (nSPS) is 10.7. The molecule has 2 aromatic carbocycles. The molecule has 5 heteroatoms. The highest BCUT2D eigenvalue weighted by Gasteiger charge is 2.07. The van der Waals surface area contributed by atoms with Crippen LogP contribution in [0.3, 0.4) is 0 Å². The van der Waals surface area contributed by atoms with Crippen LogP contribution in [0.5, 0.6) is 5.75 Å². The molecule has 0 saturated heterocycles. The number of esters is 1. The maximum Gasteiger partial charge on any atom is 0.310 e. The van der Waals surface area contributed by atoms with Crippen molar-refractivity contribution >= 4 is 27.5 Å². The quantitative estimate of drug-likeness (QED) is 0.649. The summed E-state index contributed by atoms with van der Waals surface area (Å²) in [7, 11) is 1.62. The minimum absolute atomic E-state index is 0.226. The van der Waals surface area contributed by atoms with Crippen molar-refractivity contribution in [2.75, 3.05) is 13.7 Å². The van der Waals surface area contributed by atoms with E-state index < -0.39 is 0 Å². The van der Waals surface area contributed by atoms with Gasteiger partial charge in [0.1, 0.15) is 5.75 Å². The fraction of sp³-hybridized carbons (Fsp3) is 0.222. The summed E-state index contributed by atoms with van der Waals surface area (Å²) in [5.41, 5.74) is 1.91. The third-order valence-electron chi connectivity index (χ3n) is 3.42. The number of carbonyl (C=O) groups excluding carboxylic acids is 1. The highest BCUT2D eigenvalue weighted by molar-refractivity contribution is 7.18. The highest BCUT2D eigenvalue weighted by Crippen LogP contribution is 2.21. The molecule has 0 unspecified atom stereocenters. The molecule has 0 atom stereocenters. The first kappa shape index (κ1) is 15.5. The van der Waals surface area contributed by atoms with Gasteiger partial charge in [-0.05, 0) is 29.8 Å². The van der Waals surface area contributed by atoms with Crippen LogP contribution < -0.4 is 4.74 Å². The van der Waals surface area contributed by atoms with Crippen molar-refractivity contribution in [3.05, 3.63) is 59.1 Å². The number of ether oxygens (including phenoxy) is 2.